The highest BCUT2D eigenvalue weighted by molar-refractivity contribution is 7.19. The van der Waals surface area contributed by atoms with Gasteiger partial charge >= 0.3 is 5.97 Å². The molecule has 1 saturated carbocycles. The maximum Gasteiger partial charge on any atom is 0.350 e. The molecule has 2 unspecified atom stereocenters. The molecule has 2 atom stereocenters. The molecule has 1 aliphatic carbocycles. The van der Waals surface area contributed by atoms with Gasteiger partial charge in [-0.1, -0.05) is 13.3 Å². The van der Waals surface area contributed by atoms with Crippen LogP contribution in [-0.2, 0) is 4.74 Å². The summed E-state index contributed by atoms with van der Waals surface area (Å²) in [6, 6.07) is 0.326. The molecule has 1 aromatic heterocycles. The minimum Gasteiger partial charge on any atom is -0.465 e. The lowest BCUT2D eigenvalue weighted by molar-refractivity contribution is 0.0607. The van der Waals surface area contributed by atoms with E-state index in [-0.39, 0.29) is 16.1 Å². The normalized spacial score (nSPS) is 20.9. The van der Waals surface area contributed by atoms with Crippen molar-refractivity contribution < 1.29 is 14.3 Å². The van der Waals surface area contributed by atoms with Gasteiger partial charge in [0.05, 0.1) is 18.4 Å². The molecular weight excluding hydrogens is 266 g/mol. The van der Waals surface area contributed by atoms with Crippen LogP contribution in [0.4, 0.5) is 10.7 Å². The number of methoxy groups -OCH3 is 1. The van der Waals surface area contributed by atoms with Crippen LogP contribution in [0.5, 0.6) is 0 Å². The number of nitrogens with two attached hydrogens (primary N) is 2. The number of esters is 1. The summed E-state index contributed by atoms with van der Waals surface area (Å²) in [7, 11) is 1.27. The van der Waals surface area contributed by atoms with E-state index in [2.05, 4.69) is 17.0 Å². The third-order valence-corrected chi connectivity index (χ3v) is 4.44. The average molecular weight is 283 g/mol. The number of primary amides is 1. The number of carbonyl (C=O) groups excluding carboxylic acids is 2. The number of thiophene rings is 1. The maximum absolute atomic E-state index is 11.6. The highest BCUT2D eigenvalue weighted by atomic mass is 32.1. The molecule has 0 bridgehead atoms. The van der Waals surface area contributed by atoms with Crippen LogP contribution in [0.1, 0.15) is 39.8 Å². The summed E-state index contributed by atoms with van der Waals surface area (Å²) in [4.78, 5) is 23.3. The number of hydrogen-bond donors (Lipinski definition) is 3. The zero-order valence-corrected chi connectivity index (χ0v) is 11.7. The van der Waals surface area contributed by atoms with Gasteiger partial charge in [-0.25, -0.2) is 4.79 Å². The number of carbonyl (C=O) groups is 2. The largest absolute Gasteiger partial charge is 0.465 e. The molecule has 1 fully saturated rings. The van der Waals surface area contributed by atoms with Gasteiger partial charge in [0.15, 0.2) is 0 Å². The van der Waals surface area contributed by atoms with E-state index >= 15 is 0 Å². The number of nitrogen functional groups attached to an aromatic ring is 1. The Balaban J connectivity index is 2.31. The van der Waals surface area contributed by atoms with E-state index in [1.165, 1.54) is 7.11 Å². The van der Waals surface area contributed by atoms with E-state index in [9.17, 15) is 9.59 Å². The van der Waals surface area contributed by atoms with Gasteiger partial charge in [-0.05, 0) is 12.3 Å². The number of hydrogen-bond acceptors (Lipinski definition) is 6. The van der Waals surface area contributed by atoms with Crippen LogP contribution in [0.3, 0.4) is 0 Å². The number of anilines is 2. The predicted octanol–water partition coefficient (Wildman–Crippen LogP) is 1.43. The Morgan fingerprint density at radius 3 is 2.68 bits per heavy atom. The second kappa shape index (κ2) is 5.08. The molecule has 0 radical (unpaired) electrons. The van der Waals surface area contributed by atoms with Gasteiger partial charge in [0, 0.05) is 6.04 Å². The van der Waals surface area contributed by atoms with E-state index in [4.69, 9.17) is 11.5 Å². The van der Waals surface area contributed by atoms with Crippen molar-refractivity contribution in [2.24, 2.45) is 11.7 Å². The van der Waals surface area contributed by atoms with Crippen molar-refractivity contribution in [2.45, 2.75) is 25.8 Å². The van der Waals surface area contributed by atoms with E-state index < -0.39 is 11.9 Å². The highest BCUT2D eigenvalue weighted by Gasteiger charge is 2.37. The van der Waals surface area contributed by atoms with E-state index in [1.54, 1.807) is 0 Å². The van der Waals surface area contributed by atoms with E-state index in [1.807, 2.05) is 0 Å². The monoisotopic (exact) mass is 283 g/mol. The first-order valence-corrected chi connectivity index (χ1v) is 6.88. The molecule has 104 valence electrons. The van der Waals surface area contributed by atoms with Crippen molar-refractivity contribution in [3.05, 3.63) is 10.4 Å². The summed E-state index contributed by atoms with van der Waals surface area (Å²) in [6.45, 7) is 2.12. The fraction of sp³-hybridized carbons (Fsp3) is 0.500. The van der Waals surface area contributed by atoms with Crippen LogP contribution >= 0.6 is 11.3 Å². The number of nitrogens with one attached hydrogen (secondary N) is 1. The Kier molecular flexibility index (Phi) is 3.66. The average Bonchev–Trinajstić information content (AvgIpc) is 3.04. The third-order valence-electron chi connectivity index (χ3n) is 3.33. The minimum atomic E-state index is -0.639. The minimum absolute atomic E-state index is 0.0977. The van der Waals surface area contributed by atoms with Crippen molar-refractivity contribution >= 4 is 33.9 Å². The number of ether oxygens (including phenoxy) is 1. The summed E-state index contributed by atoms with van der Waals surface area (Å²) < 4.78 is 4.64. The molecule has 6 nitrogen and oxygen atoms in total. The lowest BCUT2D eigenvalue weighted by Gasteiger charge is -2.04. The Morgan fingerprint density at radius 2 is 2.21 bits per heavy atom. The molecule has 7 heteroatoms. The van der Waals surface area contributed by atoms with Gasteiger partial charge < -0.3 is 21.5 Å². The predicted molar refractivity (Wildman–Crippen MR) is 74.4 cm³/mol. The van der Waals surface area contributed by atoms with Gasteiger partial charge in [0.25, 0.3) is 5.91 Å². The summed E-state index contributed by atoms with van der Waals surface area (Å²) in [5, 5.41) is 3.80. The molecule has 0 saturated heterocycles. The van der Waals surface area contributed by atoms with Gasteiger partial charge in [-0.2, -0.15) is 0 Å². The molecule has 1 amide bonds. The zero-order chi connectivity index (χ0) is 14.2. The summed E-state index contributed by atoms with van der Waals surface area (Å²) in [6.07, 6.45) is 2.13. The van der Waals surface area contributed by atoms with Crippen LogP contribution < -0.4 is 16.8 Å². The molecule has 1 aliphatic rings. The standard InChI is InChI=1S/C12H17N3O3S/c1-3-5-4-6(5)15-11-7(10(14)16)8(13)9(19-11)12(17)18-2/h5-6,15H,3-4,13H2,1-2H3,(H2,14,16). The Morgan fingerprint density at radius 1 is 1.53 bits per heavy atom. The van der Waals surface area contributed by atoms with Gasteiger partial charge in [-0.3, -0.25) is 4.79 Å². The summed E-state index contributed by atoms with van der Waals surface area (Å²) in [5.41, 5.74) is 11.4. The maximum atomic E-state index is 11.6. The smallest absolute Gasteiger partial charge is 0.350 e. The molecule has 0 spiro atoms. The van der Waals surface area contributed by atoms with E-state index in [0.717, 1.165) is 24.2 Å². The van der Waals surface area contributed by atoms with Crippen molar-refractivity contribution in [3.63, 3.8) is 0 Å². The van der Waals surface area contributed by atoms with Gasteiger partial charge in [0.1, 0.15) is 9.88 Å². The van der Waals surface area contributed by atoms with Crippen molar-refractivity contribution in [3.8, 4) is 0 Å². The quantitative estimate of drug-likeness (QED) is 0.708. The van der Waals surface area contributed by atoms with Crippen LogP contribution in [0.2, 0.25) is 0 Å². The first kappa shape index (κ1) is 13.7. The van der Waals surface area contributed by atoms with Gasteiger partial charge in [-0.15, -0.1) is 11.3 Å². The van der Waals surface area contributed by atoms with E-state index in [0.29, 0.717) is 17.0 Å². The van der Waals surface area contributed by atoms with Crippen LogP contribution in [0.25, 0.3) is 0 Å². The van der Waals surface area contributed by atoms with Crippen LogP contribution in [0, 0.1) is 5.92 Å². The lowest BCUT2D eigenvalue weighted by atomic mass is 10.2. The molecule has 1 heterocycles. The molecule has 5 N–H and O–H groups in total. The van der Waals surface area contributed by atoms with Crippen molar-refractivity contribution in [2.75, 3.05) is 18.2 Å². The first-order valence-electron chi connectivity index (χ1n) is 6.06. The van der Waals surface area contributed by atoms with Crippen LogP contribution in [0.15, 0.2) is 0 Å². The Labute approximate surface area is 115 Å². The molecule has 1 aromatic rings. The second-order valence-corrected chi connectivity index (χ2v) is 5.58. The highest BCUT2D eigenvalue weighted by Crippen LogP contribution is 2.42. The fourth-order valence-corrected chi connectivity index (χ4v) is 3.18. The Bertz CT molecular complexity index is 527. The third kappa shape index (κ3) is 2.51. The molecule has 19 heavy (non-hydrogen) atoms. The zero-order valence-electron chi connectivity index (χ0n) is 10.9. The molecule has 2 rings (SSSR count). The molecule has 0 aliphatic heterocycles. The fourth-order valence-electron chi connectivity index (χ4n) is 2.08. The summed E-state index contributed by atoms with van der Waals surface area (Å²) in [5.74, 6) is -0.591. The van der Waals surface area contributed by atoms with Crippen molar-refractivity contribution in [1.29, 1.82) is 0 Å². The number of rotatable bonds is 5. The Hall–Kier alpha value is -1.76. The van der Waals surface area contributed by atoms with Gasteiger partial charge in [0.2, 0.25) is 0 Å². The second-order valence-electron chi connectivity index (χ2n) is 4.56. The first-order chi connectivity index (χ1) is 8.99. The van der Waals surface area contributed by atoms with Crippen LogP contribution in [-0.4, -0.2) is 25.0 Å². The van der Waals surface area contributed by atoms with Crippen molar-refractivity contribution in [1.82, 2.24) is 0 Å². The molecule has 0 aromatic carbocycles. The number of amides is 1. The lowest BCUT2D eigenvalue weighted by Crippen LogP contribution is -2.16. The molecular formula is C12H17N3O3S. The summed E-state index contributed by atoms with van der Waals surface area (Å²) >= 11 is 1.12. The topological polar surface area (TPSA) is 107 Å². The SMILES string of the molecule is CCC1CC1Nc1sc(C(=O)OC)c(N)c1C(N)=O.